The molecule has 0 aromatic carbocycles. The van der Waals surface area contributed by atoms with E-state index in [0.717, 1.165) is 0 Å². The van der Waals surface area contributed by atoms with E-state index < -0.39 is 34.6 Å². The molecule has 1 aliphatic carbocycles. The van der Waals surface area contributed by atoms with Crippen LogP contribution >= 0.6 is 0 Å². The summed E-state index contributed by atoms with van der Waals surface area (Å²) in [6, 6.07) is 0. The summed E-state index contributed by atoms with van der Waals surface area (Å²) in [5, 5.41) is 34.6. The minimum absolute atomic E-state index is 0. The number of aliphatic hydroxyl groups excluding tert-OH is 4. The summed E-state index contributed by atoms with van der Waals surface area (Å²) in [6.07, 6.45) is 0. The Kier molecular flexibility index (Phi) is 6.81. The Labute approximate surface area is 123 Å². The van der Waals surface area contributed by atoms with Crippen molar-refractivity contribution in [1.82, 2.24) is 0 Å². The second-order valence-corrected chi connectivity index (χ2v) is 2.05. The van der Waals surface area contributed by atoms with Crippen LogP contribution < -0.4 is 0 Å². The Hall–Kier alpha value is 0.0200. The van der Waals surface area contributed by atoms with E-state index in [-0.39, 0.29) is 59.1 Å². The fourth-order valence-corrected chi connectivity index (χ4v) is 0.654. The van der Waals surface area contributed by atoms with Gasteiger partial charge in [0.05, 0.1) is 0 Å². The second kappa shape index (κ2) is 5.79. The van der Waals surface area contributed by atoms with Gasteiger partial charge in [-0.2, -0.15) is 0 Å². The van der Waals surface area contributed by atoms with Gasteiger partial charge in [0.15, 0.2) is 0 Å². The van der Waals surface area contributed by atoms with Crippen molar-refractivity contribution in [3.05, 3.63) is 23.0 Å². The molecule has 0 saturated carbocycles. The molecule has 0 aromatic rings. The Morgan fingerprint density at radius 1 is 0.571 bits per heavy atom. The average molecular weight is 220 g/mol. The van der Waals surface area contributed by atoms with E-state index in [4.69, 9.17) is 20.4 Å². The van der Waals surface area contributed by atoms with Crippen molar-refractivity contribution >= 4 is 70.7 Å². The first-order chi connectivity index (χ1) is 5.46. The molecule has 4 N–H and O–H groups in total. The summed E-state index contributed by atoms with van der Waals surface area (Å²) in [4.78, 5) is 21.2. The standard InChI is InChI=1S/C6H4O6.2Na.2H/c7-1-2(8)4(10)6(12)5(11)3(1)9;;;;/h7-8,11-12H;;;;. The predicted molar refractivity (Wildman–Crippen MR) is 48.9 cm³/mol. The molecule has 0 radical (unpaired) electrons. The first kappa shape index (κ1) is 16.4. The van der Waals surface area contributed by atoms with Gasteiger partial charge in [0, 0.05) is 0 Å². The molecule has 0 saturated heterocycles. The van der Waals surface area contributed by atoms with Crippen LogP contribution in [0.15, 0.2) is 23.0 Å². The molecule has 1 aliphatic rings. The molecule has 0 spiro atoms. The molecule has 0 bridgehead atoms. The SMILES string of the molecule is O=C1C(O)=C(O)C(=O)C(O)=C1O.[NaH].[NaH]. The van der Waals surface area contributed by atoms with Crippen molar-refractivity contribution < 1.29 is 30.0 Å². The van der Waals surface area contributed by atoms with Crippen LogP contribution in [-0.2, 0) is 9.59 Å². The molecule has 0 atom stereocenters. The molecule has 0 aliphatic heterocycles. The van der Waals surface area contributed by atoms with Gasteiger partial charge in [0.25, 0.3) is 11.6 Å². The third-order valence-corrected chi connectivity index (χ3v) is 1.31. The number of carbonyl (C=O) groups excluding carboxylic acids is 2. The number of ketones is 2. The van der Waals surface area contributed by atoms with E-state index in [1.165, 1.54) is 0 Å². The van der Waals surface area contributed by atoms with Crippen molar-refractivity contribution in [3.8, 4) is 0 Å². The fourth-order valence-electron chi connectivity index (χ4n) is 0.654. The summed E-state index contributed by atoms with van der Waals surface area (Å²) >= 11 is 0. The topological polar surface area (TPSA) is 115 Å². The molecule has 68 valence electrons. The number of hydrogen-bond donors (Lipinski definition) is 4. The Bertz CT molecular complexity index is 280. The van der Waals surface area contributed by atoms with Gasteiger partial charge in [-0.15, -0.1) is 0 Å². The molecule has 6 nitrogen and oxygen atoms in total. The van der Waals surface area contributed by atoms with Gasteiger partial charge < -0.3 is 20.4 Å². The van der Waals surface area contributed by atoms with Crippen LogP contribution in [0, 0.1) is 0 Å². The van der Waals surface area contributed by atoms with Crippen LogP contribution in [0.5, 0.6) is 0 Å². The summed E-state index contributed by atoms with van der Waals surface area (Å²) in [7, 11) is 0. The van der Waals surface area contributed by atoms with Gasteiger partial charge in [-0.05, 0) is 0 Å². The Balaban J connectivity index is 0. The zero-order chi connectivity index (χ0) is 9.46. The van der Waals surface area contributed by atoms with E-state index >= 15 is 0 Å². The zero-order valence-electron chi connectivity index (χ0n) is 5.61. The van der Waals surface area contributed by atoms with Gasteiger partial charge in [-0.1, -0.05) is 0 Å². The van der Waals surface area contributed by atoms with Crippen molar-refractivity contribution in [2.24, 2.45) is 0 Å². The summed E-state index contributed by atoms with van der Waals surface area (Å²) in [5.41, 5.74) is 0. The minimum atomic E-state index is -1.38. The van der Waals surface area contributed by atoms with Crippen LogP contribution in [0.1, 0.15) is 0 Å². The molecule has 0 fully saturated rings. The molecular weight excluding hydrogens is 214 g/mol. The normalized spacial score (nSPS) is 16.3. The van der Waals surface area contributed by atoms with Crippen LogP contribution in [0.3, 0.4) is 0 Å². The van der Waals surface area contributed by atoms with E-state index in [9.17, 15) is 9.59 Å². The number of rotatable bonds is 0. The fraction of sp³-hybridized carbons (Fsp3) is 0. The number of carbonyl (C=O) groups is 2. The second-order valence-electron chi connectivity index (χ2n) is 2.05. The first-order valence-electron chi connectivity index (χ1n) is 2.80. The maximum absolute atomic E-state index is 10.6. The van der Waals surface area contributed by atoms with Gasteiger partial charge in [-0.25, -0.2) is 0 Å². The van der Waals surface area contributed by atoms with Crippen molar-refractivity contribution in [1.29, 1.82) is 0 Å². The number of Topliss-reactive ketones (excluding diaryl/α,β-unsaturated/α-hetero) is 2. The molecule has 1 rings (SSSR count). The van der Waals surface area contributed by atoms with Gasteiger partial charge in [0.1, 0.15) is 0 Å². The summed E-state index contributed by atoms with van der Waals surface area (Å²) in [6.45, 7) is 0. The van der Waals surface area contributed by atoms with E-state index in [1.807, 2.05) is 0 Å². The van der Waals surface area contributed by atoms with Crippen LogP contribution in [0.2, 0.25) is 0 Å². The quantitative estimate of drug-likeness (QED) is 0.291. The van der Waals surface area contributed by atoms with E-state index in [1.54, 1.807) is 0 Å². The van der Waals surface area contributed by atoms with Gasteiger partial charge in [0.2, 0.25) is 23.0 Å². The molecular formula is C6H6Na2O6. The van der Waals surface area contributed by atoms with E-state index in [0.29, 0.717) is 0 Å². The van der Waals surface area contributed by atoms with Crippen LogP contribution in [-0.4, -0.2) is 91.1 Å². The predicted octanol–water partition coefficient (Wildman–Crippen LogP) is -1.50. The number of hydrogen-bond acceptors (Lipinski definition) is 6. The molecule has 0 unspecified atom stereocenters. The van der Waals surface area contributed by atoms with E-state index in [2.05, 4.69) is 0 Å². The van der Waals surface area contributed by atoms with Crippen molar-refractivity contribution in [2.75, 3.05) is 0 Å². The Morgan fingerprint density at radius 3 is 0.857 bits per heavy atom. The van der Waals surface area contributed by atoms with Crippen molar-refractivity contribution in [3.63, 3.8) is 0 Å². The van der Waals surface area contributed by atoms with Crippen LogP contribution in [0.25, 0.3) is 0 Å². The average Bonchev–Trinajstić information content (AvgIpc) is 2.08. The van der Waals surface area contributed by atoms with Gasteiger partial charge >= 0.3 is 59.1 Å². The molecule has 0 heterocycles. The maximum atomic E-state index is 10.6. The monoisotopic (exact) mass is 220 g/mol. The molecule has 0 amide bonds. The van der Waals surface area contributed by atoms with Crippen molar-refractivity contribution in [2.45, 2.75) is 0 Å². The number of aliphatic hydroxyl groups is 4. The third kappa shape index (κ3) is 2.53. The summed E-state index contributed by atoms with van der Waals surface area (Å²) < 4.78 is 0. The summed E-state index contributed by atoms with van der Waals surface area (Å²) in [5.74, 6) is -7.84. The molecule has 8 heteroatoms. The third-order valence-electron chi connectivity index (χ3n) is 1.31. The molecule has 14 heavy (non-hydrogen) atoms. The molecule has 0 aromatic heterocycles. The van der Waals surface area contributed by atoms with Gasteiger partial charge in [-0.3, -0.25) is 9.59 Å². The first-order valence-corrected chi connectivity index (χ1v) is 2.80. The Morgan fingerprint density at radius 2 is 0.714 bits per heavy atom. The zero-order valence-corrected chi connectivity index (χ0v) is 5.61. The van der Waals surface area contributed by atoms with Crippen LogP contribution in [0.4, 0.5) is 0 Å².